The van der Waals surface area contributed by atoms with E-state index in [1.807, 2.05) is 30.9 Å². The van der Waals surface area contributed by atoms with E-state index >= 15 is 0 Å². The van der Waals surface area contributed by atoms with Crippen molar-refractivity contribution in [3.63, 3.8) is 0 Å². The molecule has 3 nitrogen and oxygen atoms in total. The molecule has 3 heterocycles. The van der Waals surface area contributed by atoms with E-state index in [0.29, 0.717) is 0 Å². The maximum atomic E-state index is 4.17. The van der Waals surface area contributed by atoms with Crippen molar-refractivity contribution in [1.29, 1.82) is 0 Å². The number of aromatic nitrogens is 3. The van der Waals surface area contributed by atoms with Gasteiger partial charge in [0.05, 0.1) is 0 Å². The summed E-state index contributed by atoms with van der Waals surface area (Å²) in [5, 5.41) is 0. The number of rotatable bonds is 20. The van der Waals surface area contributed by atoms with Gasteiger partial charge in [-0.1, -0.05) is 56.1 Å². The highest BCUT2D eigenvalue weighted by atomic mass is 14.9. The quantitative estimate of drug-likeness (QED) is 0.0865. The van der Waals surface area contributed by atoms with Crippen LogP contribution < -0.4 is 4.57 Å². The topological polar surface area (TPSA) is 29.7 Å². The first-order valence-electron chi connectivity index (χ1n) is 15.0. The van der Waals surface area contributed by atoms with E-state index in [4.69, 9.17) is 0 Å². The standard InChI is InChI=1S/C35H48N3/c1(5-9-13-19-33-24-27-36-28-25-33)2-7-11-15-21-35-23-18-30-38(32-35)29-16-12-8-4-3-6-10-14-20-34-22-17-26-37-31-34/h5,9-10,14,17-18,22-28,30-32H,1-4,6-8,11-13,15-16,19-21,29H2/q+1/b9-5-,14-10-. The molecule has 0 saturated heterocycles. The van der Waals surface area contributed by atoms with E-state index in [-0.39, 0.29) is 0 Å². The molecule has 3 aromatic rings. The Balaban J connectivity index is 1.13. The Morgan fingerprint density at radius 3 is 2.08 bits per heavy atom. The zero-order valence-electron chi connectivity index (χ0n) is 23.4. The third-order valence-corrected chi connectivity index (χ3v) is 7.05. The highest BCUT2D eigenvalue weighted by molar-refractivity contribution is 5.12. The van der Waals surface area contributed by atoms with Gasteiger partial charge in [0.15, 0.2) is 12.4 Å². The van der Waals surface area contributed by atoms with Crippen molar-refractivity contribution in [2.75, 3.05) is 0 Å². The van der Waals surface area contributed by atoms with E-state index in [2.05, 4.69) is 81.6 Å². The van der Waals surface area contributed by atoms with Gasteiger partial charge in [0.2, 0.25) is 0 Å². The summed E-state index contributed by atoms with van der Waals surface area (Å²) >= 11 is 0. The summed E-state index contributed by atoms with van der Waals surface area (Å²) in [6, 6.07) is 12.9. The fraction of sp³-hybridized carbons (Fsp3) is 0.457. The van der Waals surface area contributed by atoms with Gasteiger partial charge in [0.25, 0.3) is 0 Å². The van der Waals surface area contributed by atoms with Crippen molar-refractivity contribution in [3.05, 3.63) is 115 Å². The van der Waals surface area contributed by atoms with E-state index in [9.17, 15) is 0 Å². The molecule has 0 radical (unpaired) electrons. The van der Waals surface area contributed by atoms with Crippen molar-refractivity contribution in [1.82, 2.24) is 9.97 Å². The highest BCUT2D eigenvalue weighted by Gasteiger charge is 2.03. The van der Waals surface area contributed by atoms with Gasteiger partial charge in [-0.2, -0.15) is 0 Å². The summed E-state index contributed by atoms with van der Waals surface area (Å²) in [6.07, 6.45) is 40.2. The number of hydrogen-bond donors (Lipinski definition) is 0. The van der Waals surface area contributed by atoms with E-state index in [1.54, 1.807) is 0 Å². The Labute approximate surface area is 231 Å². The van der Waals surface area contributed by atoms with E-state index < -0.39 is 0 Å². The molecular formula is C35H48N3+. The second-order valence-electron chi connectivity index (χ2n) is 10.4. The average molecular weight is 511 g/mol. The van der Waals surface area contributed by atoms with E-state index in [1.165, 1.54) is 93.7 Å². The maximum Gasteiger partial charge on any atom is 0.171 e. The lowest BCUT2D eigenvalue weighted by Gasteiger charge is -2.03. The van der Waals surface area contributed by atoms with Gasteiger partial charge < -0.3 is 0 Å². The summed E-state index contributed by atoms with van der Waals surface area (Å²) in [5.74, 6) is 0. The number of nitrogens with zero attached hydrogens (tertiary/aromatic N) is 3. The highest BCUT2D eigenvalue weighted by Crippen LogP contribution is 2.10. The van der Waals surface area contributed by atoms with Gasteiger partial charge >= 0.3 is 0 Å². The van der Waals surface area contributed by atoms with Crippen LogP contribution in [0.3, 0.4) is 0 Å². The molecule has 0 amide bonds. The third-order valence-electron chi connectivity index (χ3n) is 7.05. The molecule has 0 aliphatic heterocycles. The number of allylic oxidation sites excluding steroid dienone is 4. The minimum Gasteiger partial charge on any atom is -0.265 e. The molecule has 0 saturated carbocycles. The van der Waals surface area contributed by atoms with Gasteiger partial charge in [-0.25, -0.2) is 4.57 Å². The van der Waals surface area contributed by atoms with Crippen LogP contribution in [0.2, 0.25) is 0 Å². The minimum atomic E-state index is 0.996. The summed E-state index contributed by atoms with van der Waals surface area (Å²) in [4.78, 5) is 8.24. The smallest absolute Gasteiger partial charge is 0.171 e. The van der Waals surface area contributed by atoms with Gasteiger partial charge in [-0.15, -0.1) is 0 Å². The van der Waals surface area contributed by atoms with Gasteiger partial charge in [0, 0.05) is 42.8 Å². The Bertz CT molecular complexity index is 1030. The molecule has 0 aliphatic rings. The number of aryl methyl sites for hydroxylation is 3. The Morgan fingerprint density at radius 1 is 0.553 bits per heavy atom. The zero-order chi connectivity index (χ0) is 26.4. The first-order valence-corrected chi connectivity index (χ1v) is 15.0. The molecule has 0 aromatic carbocycles. The summed E-state index contributed by atoms with van der Waals surface area (Å²) in [5.41, 5.74) is 4.15. The van der Waals surface area contributed by atoms with Crippen LogP contribution in [0.1, 0.15) is 93.7 Å². The second kappa shape index (κ2) is 20.0. The van der Waals surface area contributed by atoms with Crippen LogP contribution in [0, 0.1) is 0 Å². The predicted octanol–water partition coefficient (Wildman–Crippen LogP) is 8.59. The van der Waals surface area contributed by atoms with Crippen LogP contribution in [0.4, 0.5) is 0 Å². The summed E-state index contributed by atoms with van der Waals surface area (Å²) < 4.78 is 2.40. The van der Waals surface area contributed by atoms with Crippen molar-refractivity contribution in [3.8, 4) is 0 Å². The van der Waals surface area contributed by atoms with Gasteiger partial charge in [-0.3, -0.25) is 9.97 Å². The Hall–Kier alpha value is -3.07. The van der Waals surface area contributed by atoms with Crippen molar-refractivity contribution >= 4 is 0 Å². The molecule has 3 rings (SSSR count). The molecule has 0 N–H and O–H groups in total. The molecule has 0 atom stereocenters. The molecular weight excluding hydrogens is 462 g/mol. The van der Waals surface area contributed by atoms with Crippen LogP contribution in [0.15, 0.2) is 97.9 Å². The SMILES string of the molecule is C(=C/Cc1cccnc1)/CCCCCCC[n+]1cccc(CCCCCC/C=C\CCc2ccncc2)c1. The first kappa shape index (κ1) is 29.5. The largest absolute Gasteiger partial charge is 0.265 e. The van der Waals surface area contributed by atoms with E-state index in [0.717, 1.165) is 25.8 Å². The lowest BCUT2D eigenvalue weighted by Crippen LogP contribution is -2.33. The third kappa shape index (κ3) is 14.0. The Morgan fingerprint density at radius 2 is 1.26 bits per heavy atom. The van der Waals surface area contributed by atoms with Crippen LogP contribution >= 0.6 is 0 Å². The summed E-state index contributed by atoms with van der Waals surface area (Å²) in [7, 11) is 0. The van der Waals surface area contributed by atoms with Crippen LogP contribution in [0.5, 0.6) is 0 Å². The summed E-state index contributed by atoms with van der Waals surface area (Å²) in [6.45, 7) is 1.15. The predicted molar refractivity (Wildman–Crippen MR) is 160 cm³/mol. The van der Waals surface area contributed by atoms with Crippen molar-refractivity contribution < 1.29 is 4.57 Å². The number of hydrogen-bond acceptors (Lipinski definition) is 2. The fourth-order valence-corrected chi connectivity index (χ4v) is 4.79. The molecule has 0 spiro atoms. The van der Waals surface area contributed by atoms with Crippen LogP contribution in [-0.4, -0.2) is 9.97 Å². The fourth-order valence-electron chi connectivity index (χ4n) is 4.79. The molecule has 3 heteroatoms. The molecule has 0 bridgehead atoms. The number of pyridine rings is 3. The molecule has 0 unspecified atom stereocenters. The molecule has 0 fully saturated rings. The van der Waals surface area contributed by atoms with Gasteiger partial charge in [-0.05, 0) is 99.6 Å². The first-order chi connectivity index (χ1) is 18.9. The molecule has 0 aliphatic carbocycles. The van der Waals surface area contributed by atoms with Crippen LogP contribution in [-0.2, 0) is 25.8 Å². The minimum absolute atomic E-state index is 0.996. The zero-order valence-corrected chi connectivity index (χ0v) is 23.4. The lowest BCUT2D eigenvalue weighted by atomic mass is 10.1. The monoisotopic (exact) mass is 510 g/mol. The normalized spacial score (nSPS) is 11.6. The van der Waals surface area contributed by atoms with Crippen molar-refractivity contribution in [2.45, 2.75) is 103 Å². The molecule has 3 aromatic heterocycles. The average Bonchev–Trinajstić information content (AvgIpc) is 2.96. The van der Waals surface area contributed by atoms with Crippen molar-refractivity contribution in [2.24, 2.45) is 0 Å². The molecule has 202 valence electrons. The lowest BCUT2D eigenvalue weighted by molar-refractivity contribution is -0.697. The van der Waals surface area contributed by atoms with Gasteiger partial charge in [0.1, 0.15) is 6.54 Å². The second-order valence-corrected chi connectivity index (χ2v) is 10.4. The molecule has 38 heavy (non-hydrogen) atoms. The number of unbranched alkanes of at least 4 members (excludes halogenated alkanes) is 9. The maximum absolute atomic E-state index is 4.17. The van der Waals surface area contributed by atoms with Crippen LogP contribution in [0.25, 0.3) is 0 Å². The Kier molecular flexibility index (Phi) is 15.5.